The molecule has 0 aliphatic carbocycles. The predicted octanol–water partition coefficient (Wildman–Crippen LogP) is 2.93. The van der Waals surface area contributed by atoms with Gasteiger partial charge in [0.15, 0.2) is 4.90 Å². The number of nitro benzene ring substituents is 1. The number of rotatable bonds is 4. The molecule has 3 rings (SSSR count). The van der Waals surface area contributed by atoms with Gasteiger partial charge in [-0.05, 0) is 24.7 Å². The van der Waals surface area contributed by atoms with E-state index in [4.69, 9.17) is 11.6 Å². The average molecular weight is 396 g/mol. The third kappa shape index (κ3) is 3.59. The molecule has 1 saturated heterocycles. The summed E-state index contributed by atoms with van der Waals surface area (Å²) in [5.41, 5.74) is 0.336. The first kappa shape index (κ1) is 18.8. The Labute approximate surface area is 157 Å². The molecule has 26 heavy (non-hydrogen) atoms. The number of piperazine rings is 1. The number of nitro groups is 1. The fourth-order valence-electron chi connectivity index (χ4n) is 3.11. The molecular weight excluding hydrogens is 378 g/mol. The zero-order valence-electron chi connectivity index (χ0n) is 14.1. The third-order valence-electron chi connectivity index (χ3n) is 4.42. The molecule has 0 aromatic heterocycles. The van der Waals surface area contributed by atoms with E-state index in [1.807, 2.05) is 42.3 Å². The van der Waals surface area contributed by atoms with E-state index in [0.717, 1.165) is 11.6 Å². The third-order valence-corrected chi connectivity index (χ3v) is 6.61. The molecule has 2 aromatic carbocycles. The predicted molar refractivity (Wildman–Crippen MR) is 98.7 cm³/mol. The largest absolute Gasteiger partial charge is 0.303 e. The van der Waals surface area contributed by atoms with Crippen molar-refractivity contribution in [3.63, 3.8) is 0 Å². The van der Waals surface area contributed by atoms with Crippen molar-refractivity contribution in [3.8, 4) is 0 Å². The van der Waals surface area contributed by atoms with Gasteiger partial charge < -0.3 is 4.90 Å². The van der Waals surface area contributed by atoms with Gasteiger partial charge in [-0.1, -0.05) is 41.9 Å². The Balaban J connectivity index is 2.09. The maximum absolute atomic E-state index is 13.3. The lowest BCUT2D eigenvalue weighted by Gasteiger charge is -2.39. The van der Waals surface area contributed by atoms with Crippen LogP contribution in [0.4, 0.5) is 5.69 Å². The first-order chi connectivity index (χ1) is 12.3. The van der Waals surface area contributed by atoms with Crippen LogP contribution in [0.1, 0.15) is 11.6 Å². The first-order valence-corrected chi connectivity index (χ1v) is 9.82. The van der Waals surface area contributed by atoms with Crippen molar-refractivity contribution in [1.82, 2.24) is 9.21 Å². The summed E-state index contributed by atoms with van der Waals surface area (Å²) in [6.07, 6.45) is 0. The molecule has 0 spiro atoms. The highest BCUT2D eigenvalue weighted by Crippen LogP contribution is 2.35. The van der Waals surface area contributed by atoms with E-state index in [-0.39, 0.29) is 16.5 Å². The number of hydrogen-bond donors (Lipinski definition) is 0. The maximum Gasteiger partial charge on any atom is 0.290 e. The average Bonchev–Trinajstić information content (AvgIpc) is 2.61. The van der Waals surface area contributed by atoms with Crippen molar-refractivity contribution in [2.45, 2.75) is 10.9 Å². The zero-order valence-corrected chi connectivity index (χ0v) is 15.7. The summed E-state index contributed by atoms with van der Waals surface area (Å²) < 4.78 is 27.9. The van der Waals surface area contributed by atoms with Crippen molar-refractivity contribution >= 4 is 27.3 Å². The van der Waals surface area contributed by atoms with Crippen LogP contribution in [0.15, 0.2) is 53.4 Å². The summed E-state index contributed by atoms with van der Waals surface area (Å²) in [6.45, 7) is 1.30. The van der Waals surface area contributed by atoms with Gasteiger partial charge in [0.25, 0.3) is 15.7 Å². The highest BCUT2D eigenvalue weighted by molar-refractivity contribution is 7.89. The second-order valence-corrected chi connectivity index (χ2v) is 8.47. The molecule has 138 valence electrons. The molecular formula is C17H18ClN3O4S. The smallest absolute Gasteiger partial charge is 0.290 e. The molecule has 0 saturated carbocycles. The second kappa shape index (κ2) is 7.32. The number of likely N-dealkylation sites (N-methyl/N-ethyl adjacent to an activating group) is 1. The monoisotopic (exact) mass is 395 g/mol. The molecule has 0 bridgehead atoms. The van der Waals surface area contributed by atoms with Gasteiger partial charge in [0, 0.05) is 30.7 Å². The Morgan fingerprint density at radius 1 is 1.15 bits per heavy atom. The highest BCUT2D eigenvalue weighted by atomic mass is 35.5. The molecule has 0 N–H and O–H groups in total. The van der Waals surface area contributed by atoms with Crippen LogP contribution in [0, 0.1) is 10.1 Å². The first-order valence-electron chi connectivity index (χ1n) is 8.00. The van der Waals surface area contributed by atoms with Crippen molar-refractivity contribution in [1.29, 1.82) is 0 Å². The Morgan fingerprint density at radius 3 is 2.50 bits per heavy atom. The van der Waals surface area contributed by atoms with Crippen molar-refractivity contribution in [3.05, 3.63) is 69.2 Å². The van der Waals surface area contributed by atoms with Crippen molar-refractivity contribution in [2.75, 3.05) is 26.7 Å². The Morgan fingerprint density at radius 2 is 1.85 bits per heavy atom. The van der Waals surface area contributed by atoms with Crippen LogP contribution in [-0.4, -0.2) is 49.2 Å². The van der Waals surface area contributed by atoms with Gasteiger partial charge in [-0.25, -0.2) is 8.42 Å². The minimum Gasteiger partial charge on any atom is -0.303 e. The number of benzene rings is 2. The fourth-order valence-corrected chi connectivity index (χ4v) is 5.02. The van der Waals surface area contributed by atoms with Gasteiger partial charge in [-0.2, -0.15) is 4.31 Å². The van der Waals surface area contributed by atoms with Crippen LogP contribution in [-0.2, 0) is 10.0 Å². The normalized spacial score (nSPS) is 19.4. The topological polar surface area (TPSA) is 83.8 Å². The number of sulfonamides is 1. The van der Waals surface area contributed by atoms with Gasteiger partial charge >= 0.3 is 0 Å². The van der Waals surface area contributed by atoms with E-state index in [2.05, 4.69) is 0 Å². The lowest BCUT2D eigenvalue weighted by Crippen LogP contribution is -2.49. The Kier molecular flexibility index (Phi) is 5.29. The van der Waals surface area contributed by atoms with Gasteiger partial charge in [-0.3, -0.25) is 10.1 Å². The molecule has 7 nitrogen and oxygen atoms in total. The number of nitrogens with zero attached hydrogens (tertiary/aromatic N) is 3. The molecule has 2 aromatic rings. The summed E-state index contributed by atoms with van der Waals surface area (Å²) in [7, 11) is -2.15. The van der Waals surface area contributed by atoms with E-state index < -0.39 is 26.7 Å². The van der Waals surface area contributed by atoms with E-state index in [1.54, 1.807) is 0 Å². The van der Waals surface area contributed by atoms with Crippen LogP contribution in [0.3, 0.4) is 0 Å². The standard InChI is InChI=1S/C17H18ClN3O4S/c1-19-9-10-20(16(12-19)13-5-3-2-4-6-13)26(24,25)17-8-7-14(18)11-15(17)21(22)23/h2-8,11,16H,9-10,12H2,1H3. The molecule has 9 heteroatoms. The summed E-state index contributed by atoms with van der Waals surface area (Å²) in [5, 5.41) is 11.5. The maximum atomic E-state index is 13.3. The van der Waals surface area contributed by atoms with Gasteiger partial charge in [0.2, 0.25) is 0 Å². The lowest BCUT2D eigenvalue weighted by molar-refractivity contribution is -0.387. The van der Waals surface area contributed by atoms with Crippen LogP contribution < -0.4 is 0 Å². The lowest BCUT2D eigenvalue weighted by atomic mass is 10.1. The molecule has 1 aliphatic heterocycles. The van der Waals surface area contributed by atoms with Gasteiger partial charge in [0.05, 0.1) is 11.0 Å². The SMILES string of the molecule is CN1CCN(S(=O)(=O)c2ccc(Cl)cc2[N+](=O)[O-])C(c2ccccc2)C1. The second-order valence-electron chi connectivity index (χ2n) is 6.17. The van der Waals surface area contributed by atoms with E-state index in [1.165, 1.54) is 16.4 Å². The Bertz CT molecular complexity index is 921. The van der Waals surface area contributed by atoms with Crippen LogP contribution in [0.2, 0.25) is 5.02 Å². The van der Waals surface area contributed by atoms with E-state index in [0.29, 0.717) is 13.1 Å². The quantitative estimate of drug-likeness (QED) is 0.587. The molecule has 1 fully saturated rings. The van der Waals surface area contributed by atoms with Crippen molar-refractivity contribution < 1.29 is 13.3 Å². The molecule has 0 amide bonds. The molecule has 1 unspecified atom stereocenters. The van der Waals surface area contributed by atoms with Crippen molar-refractivity contribution in [2.24, 2.45) is 0 Å². The molecule has 1 heterocycles. The van der Waals surface area contributed by atoms with E-state index >= 15 is 0 Å². The summed E-state index contributed by atoms with van der Waals surface area (Å²) in [6, 6.07) is 12.5. The summed E-state index contributed by atoms with van der Waals surface area (Å²) in [4.78, 5) is 12.4. The summed E-state index contributed by atoms with van der Waals surface area (Å²) in [5.74, 6) is 0. The zero-order chi connectivity index (χ0) is 18.9. The van der Waals surface area contributed by atoms with E-state index in [9.17, 15) is 18.5 Å². The molecule has 1 aliphatic rings. The number of hydrogen-bond acceptors (Lipinski definition) is 5. The Hall–Kier alpha value is -2.00. The van der Waals surface area contributed by atoms with Gasteiger partial charge in [0.1, 0.15) is 0 Å². The molecule has 1 atom stereocenters. The number of halogens is 1. The minimum absolute atomic E-state index is 0.119. The van der Waals surface area contributed by atoms with Gasteiger partial charge in [-0.15, -0.1) is 0 Å². The minimum atomic E-state index is -4.07. The molecule has 0 radical (unpaired) electrons. The van der Waals surface area contributed by atoms with Crippen LogP contribution >= 0.6 is 11.6 Å². The summed E-state index contributed by atoms with van der Waals surface area (Å²) >= 11 is 5.82. The fraction of sp³-hybridized carbons (Fsp3) is 0.294. The highest BCUT2D eigenvalue weighted by Gasteiger charge is 2.39. The van der Waals surface area contributed by atoms with Crippen LogP contribution in [0.25, 0.3) is 0 Å². The van der Waals surface area contributed by atoms with Crippen LogP contribution in [0.5, 0.6) is 0 Å².